The average Bonchev–Trinajstić information content (AvgIpc) is 3.03. The molecule has 4 aromatic carbocycles. The number of nitrogens with one attached hydrogen (secondary N) is 1. The van der Waals surface area contributed by atoms with Crippen LogP contribution in [0.2, 0.25) is 10.0 Å². The van der Waals surface area contributed by atoms with Crippen LogP contribution in [0.5, 0.6) is 11.5 Å². The highest BCUT2D eigenvalue weighted by Crippen LogP contribution is 2.29. The number of rotatable bonds is 14. The molecule has 0 aliphatic rings. The summed E-state index contributed by atoms with van der Waals surface area (Å²) >= 11 is 13.1. The summed E-state index contributed by atoms with van der Waals surface area (Å²) in [4.78, 5) is 29.5. The number of carbonyl (C=O) groups is 2. The lowest BCUT2D eigenvalue weighted by molar-refractivity contribution is -0.140. The number of para-hydroxylation sites is 1. The molecule has 0 saturated heterocycles. The predicted molar refractivity (Wildman–Crippen MR) is 184 cm³/mol. The van der Waals surface area contributed by atoms with Gasteiger partial charge in [-0.25, -0.2) is 8.42 Å². The minimum atomic E-state index is -3.94. The first-order valence-corrected chi connectivity index (χ1v) is 17.4. The molecule has 4 rings (SSSR count). The van der Waals surface area contributed by atoms with Crippen molar-refractivity contribution in [3.8, 4) is 11.5 Å². The Labute approximate surface area is 280 Å². The van der Waals surface area contributed by atoms with E-state index in [1.165, 1.54) is 4.90 Å². The van der Waals surface area contributed by atoms with Gasteiger partial charge in [-0.2, -0.15) is 0 Å². The summed E-state index contributed by atoms with van der Waals surface area (Å²) < 4.78 is 33.1. The molecule has 0 unspecified atom stereocenters. The van der Waals surface area contributed by atoms with E-state index in [0.717, 1.165) is 16.1 Å². The van der Waals surface area contributed by atoms with Crippen molar-refractivity contribution in [2.45, 2.75) is 45.3 Å². The first-order valence-electron chi connectivity index (χ1n) is 14.8. The van der Waals surface area contributed by atoms with E-state index in [9.17, 15) is 18.0 Å². The summed E-state index contributed by atoms with van der Waals surface area (Å²) in [6.07, 6.45) is 1.89. The van der Waals surface area contributed by atoms with Crippen LogP contribution in [-0.4, -0.2) is 50.0 Å². The van der Waals surface area contributed by atoms with Crippen LogP contribution < -0.4 is 14.4 Å². The first-order chi connectivity index (χ1) is 22.0. The van der Waals surface area contributed by atoms with E-state index in [2.05, 4.69) is 5.32 Å². The van der Waals surface area contributed by atoms with Crippen LogP contribution in [0.4, 0.5) is 5.69 Å². The van der Waals surface area contributed by atoms with Gasteiger partial charge in [-0.3, -0.25) is 13.9 Å². The maximum absolute atomic E-state index is 14.3. The highest BCUT2D eigenvalue weighted by Gasteiger charge is 2.34. The second kappa shape index (κ2) is 16.0. The zero-order chi connectivity index (χ0) is 33.3. The molecule has 0 aliphatic carbocycles. The highest BCUT2D eigenvalue weighted by atomic mass is 35.5. The van der Waals surface area contributed by atoms with Crippen molar-refractivity contribution in [2.75, 3.05) is 17.1 Å². The zero-order valence-electron chi connectivity index (χ0n) is 25.9. The minimum Gasteiger partial charge on any atom is -0.457 e. The second-order valence-corrected chi connectivity index (χ2v) is 13.6. The van der Waals surface area contributed by atoms with Crippen molar-refractivity contribution in [1.82, 2.24) is 10.2 Å². The maximum Gasteiger partial charge on any atom is 0.244 e. The standard InChI is InChI=1S/C35H37Cl2N3O5S/c1-4-25(2)38-35(42)33(22-26-12-7-5-8-13-26)39(23-30-31(36)16-11-17-32(30)37)34(41)24-40(46(3,43)44)27-18-20-29(21-19-27)45-28-14-9-6-10-15-28/h5-21,25,33H,4,22-24H2,1-3H3,(H,38,42)/t25-,33-/m1/s1. The van der Waals surface area contributed by atoms with Gasteiger partial charge >= 0.3 is 0 Å². The number of benzene rings is 4. The number of amides is 2. The van der Waals surface area contributed by atoms with Gasteiger partial charge < -0.3 is 15.0 Å². The number of nitrogens with zero attached hydrogens (tertiary/aromatic N) is 2. The highest BCUT2D eigenvalue weighted by molar-refractivity contribution is 7.92. The van der Waals surface area contributed by atoms with Gasteiger partial charge in [0.1, 0.15) is 24.1 Å². The molecule has 0 spiro atoms. The van der Waals surface area contributed by atoms with Gasteiger partial charge in [0.05, 0.1) is 11.9 Å². The van der Waals surface area contributed by atoms with Crippen LogP contribution >= 0.6 is 23.2 Å². The topological polar surface area (TPSA) is 96.0 Å². The molecule has 242 valence electrons. The summed E-state index contributed by atoms with van der Waals surface area (Å²) in [5.41, 5.74) is 1.53. The number of hydrogen-bond acceptors (Lipinski definition) is 5. The molecule has 0 fully saturated rings. The van der Waals surface area contributed by atoms with Crippen LogP contribution in [0.1, 0.15) is 31.4 Å². The Kier molecular flexibility index (Phi) is 12.1. The molecular weight excluding hydrogens is 645 g/mol. The summed E-state index contributed by atoms with van der Waals surface area (Å²) in [6, 6.07) is 28.7. The SMILES string of the molecule is CC[C@@H](C)NC(=O)[C@@H](Cc1ccccc1)N(Cc1c(Cl)cccc1Cl)C(=O)CN(c1ccc(Oc2ccccc2)cc1)S(C)(=O)=O. The predicted octanol–water partition coefficient (Wildman–Crippen LogP) is 7.11. The minimum absolute atomic E-state index is 0.121. The van der Waals surface area contributed by atoms with E-state index in [1.54, 1.807) is 54.6 Å². The molecule has 0 bridgehead atoms. The Morgan fingerprint density at radius 3 is 1.96 bits per heavy atom. The fourth-order valence-corrected chi connectivity index (χ4v) is 6.13. The van der Waals surface area contributed by atoms with Crippen LogP contribution in [0.15, 0.2) is 103 Å². The van der Waals surface area contributed by atoms with E-state index in [0.29, 0.717) is 33.5 Å². The number of carbonyl (C=O) groups excluding carboxylic acids is 2. The van der Waals surface area contributed by atoms with Gasteiger partial charge in [0.25, 0.3) is 0 Å². The maximum atomic E-state index is 14.3. The monoisotopic (exact) mass is 681 g/mol. The normalized spacial score (nSPS) is 12.5. The zero-order valence-corrected chi connectivity index (χ0v) is 28.2. The van der Waals surface area contributed by atoms with Gasteiger partial charge in [0.2, 0.25) is 21.8 Å². The van der Waals surface area contributed by atoms with Crippen LogP contribution in [0.3, 0.4) is 0 Å². The van der Waals surface area contributed by atoms with Crippen LogP contribution in [0, 0.1) is 0 Å². The molecular formula is C35H37Cl2N3O5S. The van der Waals surface area contributed by atoms with Crippen molar-refractivity contribution < 1.29 is 22.7 Å². The van der Waals surface area contributed by atoms with Crippen molar-refractivity contribution in [3.05, 3.63) is 124 Å². The molecule has 2 amide bonds. The molecule has 11 heteroatoms. The largest absolute Gasteiger partial charge is 0.457 e. The van der Waals surface area contributed by atoms with Crippen molar-refractivity contribution in [3.63, 3.8) is 0 Å². The van der Waals surface area contributed by atoms with E-state index in [1.807, 2.05) is 62.4 Å². The molecule has 0 saturated carbocycles. The summed E-state index contributed by atoms with van der Waals surface area (Å²) in [6.45, 7) is 3.14. The van der Waals surface area contributed by atoms with Gasteiger partial charge in [-0.15, -0.1) is 0 Å². The Balaban J connectivity index is 1.71. The lowest BCUT2D eigenvalue weighted by Crippen LogP contribution is -2.54. The summed E-state index contributed by atoms with van der Waals surface area (Å²) in [5.74, 6) is 0.142. The first kappa shape index (κ1) is 34.8. The van der Waals surface area contributed by atoms with Crippen molar-refractivity contribution in [2.24, 2.45) is 0 Å². The lowest BCUT2D eigenvalue weighted by atomic mass is 10.0. The van der Waals surface area contributed by atoms with Gasteiger partial charge in [0.15, 0.2) is 0 Å². The molecule has 2 atom stereocenters. The fraction of sp³-hybridized carbons (Fsp3) is 0.257. The molecule has 1 N–H and O–H groups in total. The third-order valence-electron chi connectivity index (χ3n) is 7.45. The Hall–Kier alpha value is -4.05. The number of halogens is 2. The van der Waals surface area contributed by atoms with Crippen LogP contribution in [0.25, 0.3) is 0 Å². The number of ether oxygens (including phenoxy) is 1. The molecule has 0 heterocycles. The average molecular weight is 683 g/mol. The van der Waals surface area contributed by atoms with Gasteiger partial charge in [-0.05, 0) is 67.4 Å². The number of hydrogen-bond donors (Lipinski definition) is 1. The van der Waals surface area contributed by atoms with E-state index in [-0.39, 0.29) is 30.6 Å². The van der Waals surface area contributed by atoms with E-state index >= 15 is 0 Å². The molecule has 4 aromatic rings. The fourth-order valence-electron chi connectivity index (χ4n) is 4.77. The molecule has 0 radical (unpaired) electrons. The molecule has 8 nitrogen and oxygen atoms in total. The molecule has 46 heavy (non-hydrogen) atoms. The summed E-state index contributed by atoms with van der Waals surface area (Å²) in [5, 5.41) is 3.64. The smallest absolute Gasteiger partial charge is 0.244 e. The molecule has 0 aromatic heterocycles. The lowest BCUT2D eigenvalue weighted by Gasteiger charge is -2.34. The Morgan fingerprint density at radius 1 is 0.826 bits per heavy atom. The Morgan fingerprint density at radius 2 is 1.39 bits per heavy atom. The van der Waals surface area contributed by atoms with Gasteiger partial charge in [0, 0.05) is 34.6 Å². The second-order valence-electron chi connectivity index (χ2n) is 10.9. The van der Waals surface area contributed by atoms with Crippen molar-refractivity contribution >= 4 is 50.7 Å². The van der Waals surface area contributed by atoms with E-state index in [4.69, 9.17) is 27.9 Å². The van der Waals surface area contributed by atoms with Crippen LogP contribution in [-0.2, 0) is 32.6 Å². The number of sulfonamides is 1. The summed E-state index contributed by atoms with van der Waals surface area (Å²) in [7, 11) is -3.94. The van der Waals surface area contributed by atoms with Gasteiger partial charge in [-0.1, -0.05) is 84.7 Å². The quantitative estimate of drug-likeness (QED) is 0.153. The molecule has 0 aliphatic heterocycles. The third-order valence-corrected chi connectivity index (χ3v) is 9.29. The number of anilines is 1. The Bertz CT molecular complexity index is 1700. The van der Waals surface area contributed by atoms with Crippen molar-refractivity contribution in [1.29, 1.82) is 0 Å². The van der Waals surface area contributed by atoms with E-state index < -0.39 is 28.5 Å². The third kappa shape index (κ3) is 9.48.